The molecule has 2 N–H and O–H groups in total. The van der Waals surface area contributed by atoms with E-state index in [2.05, 4.69) is 4.99 Å². The predicted octanol–water partition coefficient (Wildman–Crippen LogP) is 2.86. The zero-order chi connectivity index (χ0) is 22.2. The van der Waals surface area contributed by atoms with Crippen molar-refractivity contribution >= 4 is 44.3 Å². The van der Waals surface area contributed by atoms with Crippen LogP contribution in [0.4, 0.5) is 0 Å². The maximum atomic E-state index is 13.0. The van der Waals surface area contributed by atoms with Crippen LogP contribution in [0.5, 0.6) is 0 Å². The molecule has 0 atom stereocenters. The normalized spacial score (nSPS) is 23.9. The van der Waals surface area contributed by atoms with E-state index in [0.29, 0.717) is 34.9 Å². The smallest absolute Gasteiger partial charge is 0.276 e. The number of piperazine rings is 1. The molecule has 0 unspecified atom stereocenters. The third-order valence-electron chi connectivity index (χ3n) is 6.03. The molecule has 2 heterocycles. The summed E-state index contributed by atoms with van der Waals surface area (Å²) in [6.07, 6.45) is 3.30. The Morgan fingerprint density at radius 1 is 1.13 bits per heavy atom. The Morgan fingerprint density at radius 2 is 1.81 bits per heavy atom. The number of furan rings is 1. The topological polar surface area (TPSA) is 109 Å². The number of rotatable bonds is 4. The Hall–Kier alpha value is -2.10. The Labute approximate surface area is 187 Å². The van der Waals surface area contributed by atoms with E-state index in [1.807, 2.05) is 0 Å². The second-order valence-electron chi connectivity index (χ2n) is 8.25. The Bertz CT molecular complexity index is 1090. The Balaban J connectivity index is 1.36. The first-order chi connectivity index (χ1) is 14.7. The summed E-state index contributed by atoms with van der Waals surface area (Å²) in [5, 5.41) is 1.06. The number of aliphatic imine (C=N–C) groups is 1. The zero-order valence-corrected chi connectivity index (χ0v) is 19.0. The average molecular weight is 467 g/mol. The van der Waals surface area contributed by atoms with Gasteiger partial charge in [-0.15, -0.1) is 0 Å². The van der Waals surface area contributed by atoms with Crippen molar-refractivity contribution in [1.82, 2.24) is 9.21 Å². The van der Waals surface area contributed by atoms with E-state index in [-0.39, 0.29) is 36.0 Å². The summed E-state index contributed by atoms with van der Waals surface area (Å²) in [6.45, 7) is 3.04. The van der Waals surface area contributed by atoms with Crippen molar-refractivity contribution < 1.29 is 17.6 Å². The SMILES string of the molecule is CC(N)=NC1CCC(C(=O)N2CCN(S(=O)(=O)c3cc4cc(Cl)ccc4o3)CC2)CC1. The largest absolute Gasteiger partial charge is 0.443 e. The first-order valence-electron chi connectivity index (χ1n) is 10.5. The van der Waals surface area contributed by atoms with Crippen molar-refractivity contribution in [3.63, 3.8) is 0 Å². The fourth-order valence-electron chi connectivity index (χ4n) is 4.39. The molecule has 1 amide bonds. The third kappa shape index (κ3) is 4.73. The van der Waals surface area contributed by atoms with Crippen LogP contribution in [0.2, 0.25) is 5.02 Å². The predicted molar refractivity (Wildman–Crippen MR) is 120 cm³/mol. The van der Waals surface area contributed by atoms with Crippen LogP contribution >= 0.6 is 11.6 Å². The van der Waals surface area contributed by atoms with Gasteiger partial charge in [-0.25, -0.2) is 8.42 Å². The Morgan fingerprint density at radius 3 is 2.45 bits per heavy atom. The minimum absolute atomic E-state index is 0.0205. The molecule has 31 heavy (non-hydrogen) atoms. The number of carbonyl (C=O) groups excluding carboxylic acids is 1. The number of carbonyl (C=O) groups is 1. The first kappa shape index (κ1) is 22.1. The van der Waals surface area contributed by atoms with E-state index < -0.39 is 10.0 Å². The first-order valence-corrected chi connectivity index (χ1v) is 12.3. The zero-order valence-electron chi connectivity index (χ0n) is 17.5. The van der Waals surface area contributed by atoms with E-state index in [0.717, 1.165) is 25.7 Å². The second-order valence-corrected chi connectivity index (χ2v) is 10.6. The molecule has 0 bridgehead atoms. The summed E-state index contributed by atoms with van der Waals surface area (Å²) in [7, 11) is -3.77. The van der Waals surface area contributed by atoms with E-state index in [4.69, 9.17) is 21.8 Å². The van der Waals surface area contributed by atoms with Gasteiger partial charge in [0.2, 0.25) is 11.0 Å². The van der Waals surface area contributed by atoms with E-state index in [1.165, 1.54) is 10.4 Å². The van der Waals surface area contributed by atoms with Gasteiger partial charge in [-0.2, -0.15) is 4.31 Å². The highest BCUT2D eigenvalue weighted by Crippen LogP contribution is 2.30. The van der Waals surface area contributed by atoms with Crippen LogP contribution in [0, 0.1) is 5.92 Å². The number of hydrogen-bond donors (Lipinski definition) is 1. The van der Waals surface area contributed by atoms with Gasteiger partial charge in [-0.1, -0.05) is 11.6 Å². The van der Waals surface area contributed by atoms with Crippen LogP contribution < -0.4 is 5.73 Å². The maximum absolute atomic E-state index is 13.0. The molecular weight excluding hydrogens is 440 g/mol. The van der Waals surface area contributed by atoms with Crippen LogP contribution in [0.1, 0.15) is 32.6 Å². The van der Waals surface area contributed by atoms with Crippen LogP contribution in [0.25, 0.3) is 11.0 Å². The highest BCUT2D eigenvalue weighted by molar-refractivity contribution is 7.89. The number of sulfonamides is 1. The molecule has 8 nitrogen and oxygen atoms in total. The number of amidine groups is 1. The van der Waals surface area contributed by atoms with Crippen LogP contribution in [-0.4, -0.2) is 61.6 Å². The minimum Gasteiger partial charge on any atom is -0.443 e. The Kier molecular flexibility index (Phi) is 6.27. The molecule has 0 spiro atoms. The fraction of sp³-hybridized carbons (Fsp3) is 0.524. The van der Waals surface area contributed by atoms with Gasteiger partial charge in [0.15, 0.2) is 0 Å². The molecule has 2 aliphatic rings. The summed E-state index contributed by atoms with van der Waals surface area (Å²) in [5.74, 6) is 0.676. The molecule has 168 valence electrons. The van der Waals surface area contributed by atoms with Crippen molar-refractivity contribution in [2.45, 2.75) is 43.7 Å². The highest BCUT2D eigenvalue weighted by atomic mass is 35.5. The monoisotopic (exact) mass is 466 g/mol. The number of hydrogen-bond acceptors (Lipinski definition) is 5. The van der Waals surface area contributed by atoms with Crippen LogP contribution in [0.15, 0.2) is 38.8 Å². The molecular formula is C21H27ClN4O4S. The average Bonchev–Trinajstić information content (AvgIpc) is 3.17. The third-order valence-corrected chi connectivity index (χ3v) is 8.02. The van der Waals surface area contributed by atoms with Crippen molar-refractivity contribution in [3.8, 4) is 0 Å². The van der Waals surface area contributed by atoms with Gasteiger partial charge in [0.25, 0.3) is 10.0 Å². The summed E-state index contributed by atoms with van der Waals surface area (Å²) in [6, 6.07) is 6.69. The van der Waals surface area contributed by atoms with E-state index in [9.17, 15) is 13.2 Å². The second kappa shape index (κ2) is 8.80. The number of fused-ring (bicyclic) bond motifs is 1. The molecule has 4 rings (SSSR count). The summed E-state index contributed by atoms with van der Waals surface area (Å²) in [4.78, 5) is 19.1. The lowest BCUT2D eigenvalue weighted by Gasteiger charge is -2.36. The van der Waals surface area contributed by atoms with Gasteiger partial charge in [-0.05, 0) is 50.8 Å². The lowest BCUT2D eigenvalue weighted by molar-refractivity contribution is -0.137. The summed E-state index contributed by atoms with van der Waals surface area (Å²) >= 11 is 5.98. The quantitative estimate of drug-likeness (QED) is 0.550. The fourth-order valence-corrected chi connectivity index (χ4v) is 5.94. The van der Waals surface area contributed by atoms with Gasteiger partial charge in [-0.3, -0.25) is 9.79 Å². The van der Waals surface area contributed by atoms with Crippen LogP contribution in [-0.2, 0) is 14.8 Å². The highest BCUT2D eigenvalue weighted by Gasteiger charge is 2.35. The van der Waals surface area contributed by atoms with Crippen molar-refractivity contribution in [3.05, 3.63) is 29.3 Å². The lowest BCUT2D eigenvalue weighted by Crippen LogP contribution is -2.52. The maximum Gasteiger partial charge on any atom is 0.276 e. The van der Waals surface area contributed by atoms with E-state index in [1.54, 1.807) is 30.0 Å². The van der Waals surface area contributed by atoms with Crippen molar-refractivity contribution in [2.75, 3.05) is 26.2 Å². The molecule has 1 aromatic heterocycles. The number of amides is 1. The standard InChI is InChI=1S/C21H27ClN4O4S/c1-14(23)24-18-5-2-15(3-6-18)21(27)25-8-10-26(11-9-25)31(28,29)20-13-16-12-17(22)4-7-19(16)30-20/h4,7,12-13,15,18H,2-3,5-6,8-11H2,1H3,(H2,23,24). The molecule has 1 aliphatic heterocycles. The van der Waals surface area contributed by atoms with Gasteiger partial charge < -0.3 is 15.1 Å². The van der Waals surface area contributed by atoms with Gasteiger partial charge in [0.05, 0.1) is 11.9 Å². The summed E-state index contributed by atoms with van der Waals surface area (Å²) in [5.41, 5.74) is 6.14. The number of halogens is 1. The van der Waals surface area contributed by atoms with E-state index >= 15 is 0 Å². The van der Waals surface area contributed by atoms with Crippen molar-refractivity contribution in [2.24, 2.45) is 16.6 Å². The van der Waals surface area contributed by atoms with Gasteiger partial charge >= 0.3 is 0 Å². The molecule has 1 aromatic carbocycles. The minimum atomic E-state index is -3.77. The number of benzene rings is 1. The molecule has 2 aromatic rings. The lowest BCUT2D eigenvalue weighted by atomic mass is 9.85. The molecule has 1 aliphatic carbocycles. The molecule has 0 radical (unpaired) electrons. The van der Waals surface area contributed by atoms with Crippen LogP contribution in [0.3, 0.4) is 0 Å². The number of nitrogens with zero attached hydrogens (tertiary/aromatic N) is 3. The van der Waals surface area contributed by atoms with Crippen molar-refractivity contribution in [1.29, 1.82) is 0 Å². The molecule has 10 heteroatoms. The van der Waals surface area contributed by atoms with Gasteiger partial charge in [0.1, 0.15) is 5.58 Å². The molecule has 1 saturated carbocycles. The molecule has 1 saturated heterocycles. The molecule has 2 fully saturated rings. The van der Waals surface area contributed by atoms with Gasteiger partial charge in [0, 0.05) is 48.6 Å². The summed E-state index contributed by atoms with van der Waals surface area (Å²) < 4.78 is 33.0. The number of nitrogens with two attached hydrogens (primary N) is 1.